The largest absolute Gasteiger partial charge is 0.485 e. The maximum Gasteiger partial charge on any atom is 0.233 e. The quantitative estimate of drug-likeness (QED) is 0.670. The van der Waals surface area contributed by atoms with Gasteiger partial charge in [0.25, 0.3) is 0 Å². The first-order valence-electron chi connectivity index (χ1n) is 11.6. The molecule has 6 heteroatoms. The summed E-state index contributed by atoms with van der Waals surface area (Å²) in [6.07, 6.45) is 5.47. The Balaban J connectivity index is 1.24. The molecule has 32 heavy (non-hydrogen) atoms. The third-order valence-electron chi connectivity index (χ3n) is 7.51. The third-order valence-corrected chi connectivity index (χ3v) is 7.51. The van der Waals surface area contributed by atoms with Crippen molar-refractivity contribution < 1.29 is 23.0 Å². The molecular formula is C26H29F2NO3. The van der Waals surface area contributed by atoms with Gasteiger partial charge in [-0.25, -0.2) is 8.78 Å². The highest BCUT2D eigenvalue weighted by atomic mass is 19.1. The van der Waals surface area contributed by atoms with Crippen molar-refractivity contribution >= 4 is 5.91 Å². The zero-order valence-corrected chi connectivity index (χ0v) is 18.2. The van der Waals surface area contributed by atoms with Crippen molar-refractivity contribution in [1.82, 2.24) is 4.90 Å². The lowest BCUT2D eigenvalue weighted by atomic mass is 9.76. The molecule has 1 aliphatic carbocycles. The van der Waals surface area contributed by atoms with Crippen molar-refractivity contribution in [3.05, 3.63) is 65.7 Å². The summed E-state index contributed by atoms with van der Waals surface area (Å²) in [5.41, 5.74) is -0.135. The van der Waals surface area contributed by atoms with Gasteiger partial charge in [-0.1, -0.05) is 37.1 Å². The van der Waals surface area contributed by atoms with Crippen molar-refractivity contribution in [2.24, 2.45) is 0 Å². The van der Waals surface area contributed by atoms with Gasteiger partial charge >= 0.3 is 0 Å². The number of piperidine rings is 1. The molecule has 1 spiro atoms. The standard InChI is InChI=1S/C26H29F2NO3/c27-20-7-5-6-19(16-20)26(10-3-4-11-26)24(30)29-14-12-25(13-15-29)17-21(18-31-25)32-23-9-2-1-8-22(23)28/h1-2,5-9,16,21H,3-4,10-15,17-18H2/t21-/m0/s1. The topological polar surface area (TPSA) is 38.8 Å². The highest BCUT2D eigenvalue weighted by molar-refractivity contribution is 5.88. The van der Waals surface area contributed by atoms with E-state index in [1.165, 1.54) is 18.2 Å². The Hall–Kier alpha value is -2.47. The first-order chi connectivity index (χ1) is 15.5. The van der Waals surface area contributed by atoms with Crippen LogP contribution in [0.3, 0.4) is 0 Å². The van der Waals surface area contributed by atoms with Crippen LogP contribution in [0.1, 0.15) is 50.5 Å². The van der Waals surface area contributed by atoms with E-state index in [0.29, 0.717) is 26.1 Å². The molecule has 4 nitrogen and oxygen atoms in total. The van der Waals surface area contributed by atoms with Crippen LogP contribution in [0.25, 0.3) is 0 Å². The Kier molecular flexibility index (Phi) is 5.66. The fourth-order valence-corrected chi connectivity index (χ4v) is 5.76. The molecule has 0 radical (unpaired) electrons. The minimum atomic E-state index is -0.611. The molecule has 5 rings (SSSR count). The second-order valence-corrected chi connectivity index (χ2v) is 9.46. The van der Waals surface area contributed by atoms with E-state index in [4.69, 9.17) is 9.47 Å². The van der Waals surface area contributed by atoms with Crippen molar-refractivity contribution in [1.29, 1.82) is 0 Å². The number of halogens is 2. The van der Waals surface area contributed by atoms with Gasteiger partial charge in [-0.05, 0) is 55.5 Å². The maximum atomic E-state index is 13.9. The van der Waals surface area contributed by atoms with Crippen LogP contribution >= 0.6 is 0 Å². The summed E-state index contributed by atoms with van der Waals surface area (Å²) < 4.78 is 39.9. The monoisotopic (exact) mass is 441 g/mol. The van der Waals surface area contributed by atoms with Crippen LogP contribution in [0, 0.1) is 11.6 Å². The molecule has 0 N–H and O–H groups in total. The van der Waals surface area contributed by atoms with Gasteiger partial charge in [-0.3, -0.25) is 4.79 Å². The van der Waals surface area contributed by atoms with Gasteiger partial charge < -0.3 is 14.4 Å². The summed E-state index contributed by atoms with van der Waals surface area (Å²) in [5.74, 6) is -0.288. The highest BCUT2D eigenvalue weighted by Gasteiger charge is 2.49. The molecule has 3 fully saturated rings. The van der Waals surface area contributed by atoms with Gasteiger partial charge in [0, 0.05) is 19.5 Å². The Morgan fingerprint density at radius 1 is 1.00 bits per heavy atom. The zero-order chi connectivity index (χ0) is 22.2. The fraction of sp³-hybridized carbons (Fsp3) is 0.500. The number of rotatable bonds is 4. The SMILES string of the molecule is O=C(N1CCC2(CC1)C[C@H](Oc1ccccc1F)CO2)C1(c2cccc(F)c2)CCCC1. The molecule has 1 saturated carbocycles. The predicted molar refractivity (Wildman–Crippen MR) is 116 cm³/mol. The number of likely N-dealkylation sites (tertiary alicyclic amines) is 1. The van der Waals surface area contributed by atoms with Crippen LogP contribution in [0.4, 0.5) is 8.78 Å². The number of nitrogens with zero attached hydrogens (tertiary/aromatic N) is 1. The van der Waals surface area contributed by atoms with Crippen LogP contribution in [0.2, 0.25) is 0 Å². The zero-order valence-electron chi connectivity index (χ0n) is 18.2. The summed E-state index contributed by atoms with van der Waals surface area (Å²) in [6, 6.07) is 13.0. The van der Waals surface area contributed by atoms with Crippen LogP contribution in [-0.4, -0.2) is 42.2 Å². The summed E-state index contributed by atoms with van der Waals surface area (Å²) >= 11 is 0. The highest BCUT2D eigenvalue weighted by Crippen LogP contribution is 2.45. The lowest BCUT2D eigenvalue weighted by molar-refractivity contribution is -0.142. The molecular weight excluding hydrogens is 412 g/mol. The summed E-state index contributed by atoms with van der Waals surface area (Å²) in [7, 11) is 0. The second kappa shape index (κ2) is 8.47. The number of ether oxygens (including phenoxy) is 2. The summed E-state index contributed by atoms with van der Waals surface area (Å²) in [5, 5.41) is 0. The lowest BCUT2D eigenvalue weighted by Gasteiger charge is -2.42. The molecule has 2 aromatic rings. The number of hydrogen-bond donors (Lipinski definition) is 0. The van der Waals surface area contributed by atoms with E-state index in [9.17, 15) is 13.6 Å². The molecule has 0 bridgehead atoms. The average Bonchev–Trinajstić information content (AvgIpc) is 3.44. The van der Waals surface area contributed by atoms with Gasteiger partial charge in [0.05, 0.1) is 17.6 Å². The second-order valence-electron chi connectivity index (χ2n) is 9.46. The van der Waals surface area contributed by atoms with E-state index >= 15 is 0 Å². The molecule has 2 heterocycles. The number of hydrogen-bond acceptors (Lipinski definition) is 3. The molecule has 1 amide bonds. The van der Waals surface area contributed by atoms with E-state index in [-0.39, 0.29) is 35.0 Å². The summed E-state index contributed by atoms with van der Waals surface area (Å²) in [4.78, 5) is 15.6. The van der Waals surface area contributed by atoms with Gasteiger partial charge in [0.15, 0.2) is 11.6 Å². The predicted octanol–water partition coefficient (Wildman–Crippen LogP) is 5.01. The first kappa shape index (κ1) is 21.4. The molecule has 0 aromatic heterocycles. The average molecular weight is 442 g/mol. The number of para-hydroxylation sites is 1. The first-order valence-corrected chi connectivity index (χ1v) is 11.6. The molecule has 3 aliphatic rings. The number of amides is 1. The van der Waals surface area contributed by atoms with Crippen molar-refractivity contribution in [2.75, 3.05) is 19.7 Å². The minimum absolute atomic E-state index is 0.118. The molecule has 0 unspecified atom stereocenters. The summed E-state index contributed by atoms with van der Waals surface area (Å²) in [6.45, 7) is 1.65. The Morgan fingerprint density at radius 3 is 2.47 bits per heavy atom. The van der Waals surface area contributed by atoms with Crippen molar-refractivity contribution in [3.8, 4) is 5.75 Å². The van der Waals surface area contributed by atoms with Crippen LogP contribution in [-0.2, 0) is 14.9 Å². The minimum Gasteiger partial charge on any atom is -0.485 e. The maximum absolute atomic E-state index is 13.9. The van der Waals surface area contributed by atoms with Gasteiger partial charge in [-0.15, -0.1) is 0 Å². The Labute approximate surface area is 187 Å². The van der Waals surface area contributed by atoms with E-state index < -0.39 is 5.41 Å². The van der Waals surface area contributed by atoms with E-state index in [2.05, 4.69) is 0 Å². The third kappa shape index (κ3) is 3.90. The van der Waals surface area contributed by atoms with Crippen LogP contribution in [0.5, 0.6) is 5.75 Å². The van der Waals surface area contributed by atoms with Gasteiger partial charge in [0.2, 0.25) is 5.91 Å². The molecule has 2 aliphatic heterocycles. The van der Waals surface area contributed by atoms with Gasteiger partial charge in [0.1, 0.15) is 11.9 Å². The van der Waals surface area contributed by atoms with Crippen LogP contribution in [0.15, 0.2) is 48.5 Å². The van der Waals surface area contributed by atoms with E-state index in [0.717, 1.165) is 44.1 Å². The molecule has 1 atom stereocenters. The van der Waals surface area contributed by atoms with Crippen molar-refractivity contribution in [2.45, 2.75) is 62.1 Å². The number of carbonyl (C=O) groups excluding carboxylic acids is 1. The fourth-order valence-electron chi connectivity index (χ4n) is 5.76. The number of carbonyl (C=O) groups is 1. The van der Waals surface area contributed by atoms with Crippen molar-refractivity contribution in [3.63, 3.8) is 0 Å². The normalized spacial score (nSPS) is 24.1. The molecule has 2 aromatic carbocycles. The molecule has 170 valence electrons. The van der Waals surface area contributed by atoms with E-state index in [1.807, 2.05) is 11.0 Å². The Morgan fingerprint density at radius 2 is 1.75 bits per heavy atom. The Bertz CT molecular complexity index is 981. The molecule has 2 saturated heterocycles. The van der Waals surface area contributed by atoms with Gasteiger partial charge in [-0.2, -0.15) is 0 Å². The smallest absolute Gasteiger partial charge is 0.233 e. The van der Waals surface area contributed by atoms with E-state index in [1.54, 1.807) is 24.3 Å². The van der Waals surface area contributed by atoms with Crippen LogP contribution < -0.4 is 4.74 Å². The number of benzene rings is 2. The lowest BCUT2D eigenvalue weighted by Crippen LogP contribution is -2.52.